The minimum Gasteiger partial charge on any atom is -0.494 e. The lowest BCUT2D eigenvalue weighted by Crippen LogP contribution is -2.32. The Morgan fingerprint density at radius 1 is 1.06 bits per heavy atom. The van der Waals surface area contributed by atoms with Gasteiger partial charge in [-0.1, -0.05) is 71.0 Å². The van der Waals surface area contributed by atoms with Crippen molar-refractivity contribution in [2.24, 2.45) is 0 Å². The number of fused-ring (bicyclic) bond motifs is 1. The standard InChI is InChI=1S/C26H25ClN2O2S/c1-16-12-17(2)20(18(3)13-16)14-23(30)29(15-19-8-6-5-7-9-19)26-28-24-22(31-4)11-10-21(27)25(24)32-26/h5-13H,14-15H2,1-4H3. The molecular weight excluding hydrogens is 440 g/mol. The summed E-state index contributed by atoms with van der Waals surface area (Å²) in [6.07, 6.45) is 0.311. The highest BCUT2D eigenvalue weighted by molar-refractivity contribution is 7.23. The highest BCUT2D eigenvalue weighted by atomic mass is 35.5. The van der Waals surface area contributed by atoms with E-state index in [1.54, 1.807) is 24.1 Å². The molecule has 0 saturated carbocycles. The second-order valence-corrected chi connectivity index (χ2v) is 9.33. The third kappa shape index (κ3) is 4.50. The third-order valence-electron chi connectivity index (χ3n) is 5.55. The molecule has 4 nitrogen and oxygen atoms in total. The Morgan fingerprint density at radius 2 is 1.75 bits per heavy atom. The van der Waals surface area contributed by atoms with Crippen molar-refractivity contribution in [3.8, 4) is 5.75 Å². The molecule has 32 heavy (non-hydrogen) atoms. The summed E-state index contributed by atoms with van der Waals surface area (Å²) in [5.74, 6) is 0.641. The molecule has 4 aromatic rings. The van der Waals surface area contributed by atoms with E-state index in [2.05, 4.69) is 32.9 Å². The van der Waals surface area contributed by atoms with Crippen molar-refractivity contribution in [3.05, 3.63) is 87.4 Å². The molecule has 164 valence electrons. The Balaban J connectivity index is 1.77. The molecule has 0 N–H and O–H groups in total. The number of benzene rings is 3. The molecule has 0 bridgehead atoms. The van der Waals surface area contributed by atoms with Crippen molar-refractivity contribution < 1.29 is 9.53 Å². The van der Waals surface area contributed by atoms with E-state index >= 15 is 0 Å². The van der Waals surface area contributed by atoms with Gasteiger partial charge in [0.05, 0.1) is 29.8 Å². The van der Waals surface area contributed by atoms with Crippen LogP contribution in [-0.4, -0.2) is 18.0 Å². The first kappa shape index (κ1) is 22.3. The molecule has 1 aromatic heterocycles. The van der Waals surface area contributed by atoms with Crippen LogP contribution in [0.25, 0.3) is 10.2 Å². The van der Waals surface area contributed by atoms with Crippen LogP contribution in [0.3, 0.4) is 0 Å². The number of rotatable bonds is 6. The Kier molecular flexibility index (Phi) is 6.49. The number of aryl methyl sites for hydroxylation is 3. The number of carbonyl (C=O) groups excluding carboxylic acids is 1. The summed E-state index contributed by atoms with van der Waals surface area (Å²) in [6.45, 7) is 6.63. The van der Waals surface area contributed by atoms with Crippen molar-refractivity contribution in [2.45, 2.75) is 33.7 Å². The lowest BCUT2D eigenvalue weighted by Gasteiger charge is -2.21. The van der Waals surface area contributed by atoms with Gasteiger partial charge in [0.2, 0.25) is 5.91 Å². The Labute approximate surface area is 197 Å². The normalized spacial score (nSPS) is 11.0. The van der Waals surface area contributed by atoms with E-state index in [9.17, 15) is 4.79 Å². The van der Waals surface area contributed by atoms with Crippen LogP contribution in [-0.2, 0) is 17.8 Å². The topological polar surface area (TPSA) is 42.4 Å². The molecule has 4 rings (SSSR count). The fourth-order valence-corrected chi connectivity index (χ4v) is 5.26. The number of nitrogens with zero attached hydrogens (tertiary/aromatic N) is 2. The summed E-state index contributed by atoms with van der Waals surface area (Å²) >= 11 is 7.85. The molecule has 3 aromatic carbocycles. The first-order valence-corrected chi connectivity index (χ1v) is 11.6. The quantitative estimate of drug-likeness (QED) is 0.320. The molecule has 0 fully saturated rings. The van der Waals surface area contributed by atoms with Gasteiger partial charge in [0, 0.05) is 0 Å². The monoisotopic (exact) mass is 464 g/mol. The average molecular weight is 465 g/mol. The number of ether oxygens (including phenoxy) is 1. The van der Waals surface area contributed by atoms with Gasteiger partial charge in [0.1, 0.15) is 11.3 Å². The predicted octanol–water partition coefficient (Wildman–Crippen LogP) is 6.66. The van der Waals surface area contributed by atoms with Gasteiger partial charge in [0.15, 0.2) is 5.13 Å². The minimum absolute atomic E-state index is 0.00180. The number of thiazole rings is 1. The van der Waals surface area contributed by atoms with Crippen LogP contribution in [0.5, 0.6) is 5.75 Å². The lowest BCUT2D eigenvalue weighted by molar-refractivity contribution is -0.118. The van der Waals surface area contributed by atoms with E-state index < -0.39 is 0 Å². The first-order chi connectivity index (χ1) is 15.4. The van der Waals surface area contributed by atoms with E-state index in [1.807, 2.05) is 30.3 Å². The number of methoxy groups -OCH3 is 1. The molecule has 0 aliphatic rings. The number of anilines is 1. The number of amides is 1. The number of aromatic nitrogens is 1. The van der Waals surface area contributed by atoms with Gasteiger partial charge in [0.25, 0.3) is 0 Å². The molecule has 1 heterocycles. The zero-order chi connectivity index (χ0) is 22.8. The summed E-state index contributed by atoms with van der Waals surface area (Å²) in [4.78, 5) is 20.2. The average Bonchev–Trinajstić information content (AvgIpc) is 3.21. The van der Waals surface area contributed by atoms with Crippen molar-refractivity contribution in [1.29, 1.82) is 0 Å². The lowest BCUT2D eigenvalue weighted by atomic mass is 9.97. The SMILES string of the molecule is COc1ccc(Cl)c2sc(N(Cc3ccccc3)C(=O)Cc3c(C)cc(C)cc3C)nc12. The van der Waals surface area contributed by atoms with Crippen molar-refractivity contribution >= 4 is 44.2 Å². The fraction of sp³-hybridized carbons (Fsp3) is 0.231. The number of halogens is 1. The molecular formula is C26H25ClN2O2S. The maximum Gasteiger partial charge on any atom is 0.233 e. The molecule has 0 aliphatic carbocycles. The van der Waals surface area contributed by atoms with Crippen LogP contribution in [0.4, 0.5) is 5.13 Å². The van der Waals surface area contributed by atoms with E-state index in [0.29, 0.717) is 34.4 Å². The van der Waals surface area contributed by atoms with Crippen LogP contribution < -0.4 is 9.64 Å². The van der Waals surface area contributed by atoms with Gasteiger partial charge >= 0.3 is 0 Å². The second kappa shape index (κ2) is 9.31. The Hall–Kier alpha value is -2.89. The van der Waals surface area contributed by atoms with Gasteiger partial charge in [-0.2, -0.15) is 0 Å². The van der Waals surface area contributed by atoms with Crippen LogP contribution in [0, 0.1) is 20.8 Å². The molecule has 1 amide bonds. The van der Waals surface area contributed by atoms with Crippen LogP contribution in [0.15, 0.2) is 54.6 Å². The van der Waals surface area contributed by atoms with Crippen LogP contribution >= 0.6 is 22.9 Å². The van der Waals surface area contributed by atoms with Gasteiger partial charge in [-0.3, -0.25) is 9.69 Å². The van der Waals surface area contributed by atoms with Gasteiger partial charge in [-0.15, -0.1) is 0 Å². The summed E-state index contributed by atoms with van der Waals surface area (Å²) in [6, 6.07) is 17.8. The predicted molar refractivity (Wildman–Crippen MR) is 133 cm³/mol. The summed E-state index contributed by atoms with van der Waals surface area (Å²) in [7, 11) is 1.61. The van der Waals surface area contributed by atoms with Gasteiger partial charge in [-0.25, -0.2) is 4.98 Å². The molecule has 6 heteroatoms. The maximum absolute atomic E-state index is 13.7. The largest absolute Gasteiger partial charge is 0.494 e. The van der Waals surface area contributed by atoms with Crippen molar-refractivity contribution in [3.63, 3.8) is 0 Å². The molecule has 0 unspecified atom stereocenters. The summed E-state index contributed by atoms with van der Waals surface area (Å²) in [5, 5.41) is 1.21. The van der Waals surface area contributed by atoms with Crippen molar-refractivity contribution in [2.75, 3.05) is 12.0 Å². The first-order valence-electron chi connectivity index (χ1n) is 10.4. The smallest absolute Gasteiger partial charge is 0.233 e. The second-order valence-electron chi connectivity index (χ2n) is 7.94. The molecule has 0 saturated heterocycles. The fourth-order valence-electron chi connectivity index (χ4n) is 3.99. The van der Waals surface area contributed by atoms with Crippen LogP contribution in [0.2, 0.25) is 5.02 Å². The third-order valence-corrected chi connectivity index (χ3v) is 7.09. The molecule has 0 spiro atoms. The molecule has 0 atom stereocenters. The van der Waals surface area contributed by atoms with Gasteiger partial charge in [-0.05, 0) is 55.2 Å². The molecule has 0 radical (unpaired) electrons. The zero-order valence-electron chi connectivity index (χ0n) is 18.6. The highest BCUT2D eigenvalue weighted by Gasteiger charge is 2.23. The maximum atomic E-state index is 13.7. The van der Waals surface area contributed by atoms with E-state index in [-0.39, 0.29) is 5.91 Å². The number of carbonyl (C=O) groups is 1. The highest BCUT2D eigenvalue weighted by Crippen LogP contribution is 2.39. The zero-order valence-corrected chi connectivity index (χ0v) is 20.2. The van der Waals surface area contributed by atoms with E-state index in [0.717, 1.165) is 27.0 Å². The molecule has 0 aliphatic heterocycles. The Morgan fingerprint density at radius 3 is 2.41 bits per heavy atom. The summed E-state index contributed by atoms with van der Waals surface area (Å²) in [5.41, 5.74) is 6.23. The van der Waals surface area contributed by atoms with Crippen LogP contribution in [0.1, 0.15) is 27.8 Å². The van der Waals surface area contributed by atoms with Crippen molar-refractivity contribution in [1.82, 2.24) is 4.98 Å². The van der Waals surface area contributed by atoms with E-state index in [1.165, 1.54) is 16.9 Å². The van der Waals surface area contributed by atoms with E-state index in [4.69, 9.17) is 21.3 Å². The number of hydrogen-bond acceptors (Lipinski definition) is 4. The summed E-state index contributed by atoms with van der Waals surface area (Å²) < 4.78 is 6.29. The minimum atomic E-state index is -0.00180. The number of hydrogen-bond donors (Lipinski definition) is 0. The Bertz CT molecular complexity index is 1260. The van der Waals surface area contributed by atoms with Gasteiger partial charge < -0.3 is 4.74 Å².